The van der Waals surface area contributed by atoms with Crippen LogP contribution in [0.3, 0.4) is 0 Å². The minimum Gasteiger partial charge on any atom is -0.319 e. The number of rotatable bonds is 3. The van der Waals surface area contributed by atoms with E-state index in [0.717, 1.165) is 0 Å². The largest absolute Gasteiger partial charge is 0.319 e. The van der Waals surface area contributed by atoms with Crippen molar-refractivity contribution >= 4 is 35.0 Å². The summed E-state index contributed by atoms with van der Waals surface area (Å²) in [4.78, 5) is 16.2. The molecule has 0 aliphatic carbocycles. The summed E-state index contributed by atoms with van der Waals surface area (Å²) >= 11 is 7.12. The number of anilines is 1. The van der Waals surface area contributed by atoms with Crippen LogP contribution in [0, 0.1) is 5.82 Å². The number of benzene rings is 1. The second kappa shape index (κ2) is 6.04. The molecule has 2 rings (SSSR count). The van der Waals surface area contributed by atoms with Crippen LogP contribution in [0.5, 0.6) is 0 Å². The molecule has 0 unspecified atom stereocenters. The Bertz CT molecular complexity index is 621. The summed E-state index contributed by atoms with van der Waals surface area (Å²) in [6.45, 7) is 0. The second-order valence-electron chi connectivity index (χ2n) is 3.64. The maximum absolute atomic E-state index is 13.5. The predicted molar refractivity (Wildman–Crippen MR) is 75.4 cm³/mol. The van der Waals surface area contributed by atoms with E-state index in [1.807, 2.05) is 6.26 Å². The molecule has 1 amide bonds. The zero-order valence-electron chi connectivity index (χ0n) is 9.98. The van der Waals surface area contributed by atoms with Crippen molar-refractivity contribution in [1.82, 2.24) is 4.98 Å². The minimum atomic E-state index is -0.535. The van der Waals surface area contributed by atoms with Gasteiger partial charge in [-0.3, -0.25) is 4.79 Å². The molecule has 0 saturated heterocycles. The quantitative estimate of drug-likeness (QED) is 0.875. The Labute approximate surface area is 119 Å². The van der Waals surface area contributed by atoms with E-state index in [2.05, 4.69) is 10.3 Å². The van der Waals surface area contributed by atoms with E-state index in [-0.39, 0.29) is 5.69 Å². The third kappa shape index (κ3) is 3.24. The van der Waals surface area contributed by atoms with Crippen LogP contribution in [0.15, 0.2) is 41.6 Å². The van der Waals surface area contributed by atoms with Crippen molar-refractivity contribution in [2.45, 2.75) is 5.03 Å². The van der Waals surface area contributed by atoms with Gasteiger partial charge in [0.2, 0.25) is 0 Å². The predicted octanol–water partition coefficient (Wildman–Crippen LogP) is 3.85. The van der Waals surface area contributed by atoms with Crippen LogP contribution in [0.2, 0.25) is 5.02 Å². The smallest absolute Gasteiger partial charge is 0.258 e. The Morgan fingerprint density at radius 2 is 2.21 bits per heavy atom. The first-order chi connectivity index (χ1) is 9.11. The van der Waals surface area contributed by atoms with Crippen molar-refractivity contribution in [1.29, 1.82) is 0 Å². The Morgan fingerprint density at radius 1 is 1.42 bits per heavy atom. The number of carbonyl (C=O) groups excluding carboxylic acids is 1. The molecule has 1 heterocycles. The summed E-state index contributed by atoms with van der Waals surface area (Å²) in [5.41, 5.74) is 0.447. The maximum atomic E-state index is 13.5. The molecule has 3 nitrogen and oxygen atoms in total. The van der Waals surface area contributed by atoms with Gasteiger partial charge in [0, 0.05) is 11.2 Å². The number of thioether (sulfide) groups is 1. The number of carbonyl (C=O) groups is 1. The van der Waals surface area contributed by atoms with Crippen LogP contribution in [-0.2, 0) is 0 Å². The molecular formula is C13H10ClFN2OS. The molecule has 0 fully saturated rings. The van der Waals surface area contributed by atoms with E-state index >= 15 is 0 Å². The first-order valence-corrected chi connectivity index (χ1v) is 6.97. The molecule has 0 radical (unpaired) electrons. The zero-order valence-corrected chi connectivity index (χ0v) is 11.6. The fraction of sp³-hybridized carbons (Fsp3) is 0.0769. The second-order valence-corrected chi connectivity index (χ2v) is 4.87. The molecule has 0 aliphatic rings. The number of hydrogen-bond acceptors (Lipinski definition) is 3. The molecule has 1 aromatic carbocycles. The Morgan fingerprint density at radius 3 is 2.95 bits per heavy atom. The van der Waals surface area contributed by atoms with E-state index in [1.165, 1.54) is 30.0 Å². The molecule has 0 bridgehead atoms. The first kappa shape index (κ1) is 13.8. The summed E-state index contributed by atoms with van der Waals surface area (Å²) < 4.78 is 13.5. The van der Waals surface area contributed by atoms with Crippen molar-refractivity contribution < 1.29 is 9.18 Å². The lowest BCUT2D eigenvalue weighted by atomic mass is 10.2. The molecule has 0 saturated carbocycles. The summed E-state index contributed by atoms with van der Waals surface area (Å²) in [5, 5.41) is 3.43. The summed E-state index contributed by atoms with van der Waals surface area (Å²) in [7, 11) is 0. The highest BCUT2D eigenvalue weighted by molar-refractivity contribution is 7.98. The first-order valence-electron chi connectivity index (χ1n) is 5.37. The lowest BCUT2D eigenvalue weighted by molar-refractivity contribution is 0.102. The van der Waals surface area contributed by atoms with Crippen molar-refractivity contribution in [2.24, 2.45) is 0 Å². The Hall–Kier alpha value is -1.59. The van der Waals surface area contributed by atoms with E-state index in [1.54, 1.807) is 18.3 Å². The van der Waals surface area contributed by atoms with Crippen LogP contribution in [-0.4, -0.2) is 17.1 Å². The van der Waals surface area contributed by atoms with E-state index in [9.17, 15) is 9.18 Å². The molecule has 2 aromatic rings. The van der Waals surface area contributed by atoms with Crippen LogP contribution in [0.1, 0.15) is 10.4 Å². The summed E-state index contributed by atoms with van der Waals surface area (Å²) in [6, 6.07) is 7.28. The number of pyridine rings is 1. The van der Waals surface area contributed by atoms with Crippen LogP contribution in [0.4, 0.5) is 10.1 Å². The lowest BCUT2D eigenvalue weighted by Gasteiger charge is -2.08. The lowest BCUT2D eigenvalue weighted by Crippen LogP contribution is -2.14. The molecule has 6 heteroatoms. The van der Waals surface area contributed by atoms with Gasteiger partial charge in [0.15, 0.2) is 0 Å². The molecule has 19 heavy (non-hydrogen) atoms. The number of aromatic nitrogens is 1. The van der Waals surface area contributed by atoms with Gasteiger partial charge >= 0.3 is 0 Å². The molecule has 98 valence electrons. The molecule has 0 spiro atoms. The molecule has 1 aromatic heterocycles. The molecule has 1 N–H and O–H groups in total. The number of hydrogen-bond donors (Lipinski definition) is 1. The van der Waals surface area contributed by atoms with Crippen molar-refractivity contribution in [2.75, 3.05) is 11.6 Å². The Kier molecular flexibility index (Phi) is 4.39. The van der Waals surface area contributed by atoms with Gasteiger partial charge in [-0.1, -0.05) is 11.6 Å². The molecule has 0 aliphatic heterocycles. The van der Waals surface area contributed by atoms with Crippen molar-refractivity contribution in [3.63, 3.8) is 0 Å². The van der Waals surface area contributed by atoms with E-state index in [0.29, 0.717) is 15.6 Å². The Balaban J connectivity index is 2.28. The van der Waals surface area contributed by atoms with Crippen LogP contribution in [0.25, 0.3) is 0 Å². The van der Waals surface area contributed by atoms with Crippen LogP contribution >= 0.6 is 23.4 Å². The average Bonchev–Trinajstić information content (AvgIpc) is 2.42. The molecule has 0 atom stereocenters. The van der Waals surface area contributed by atoms with Crippen molar-refractivity contribution in [3.05, 3.63) is 52.9 Å². The number of nitrogens with zero attached hydrogens (tertiary/aromatic N) is 1. The minimum absolute atomic E-state index is 0.0495. The highest BCUT2D eigenvalue weighted by Gasteiger charge is 2.13. The standard InChI is InChI=1S/C13H10ClFN2OS/c1-19-13-9(3-2-6-16-13)12(18)17-11-7-8(14)4-5-10(11)15/h2-7H,1H3,(H,17,18). The zero-order chi connectivity index (χ0) is 13.8. The van der Waals surface area contributed by atoms with Gasteiger partial charge in [0.05, 0.1) is 11.3 Å². The van der Waals surface area contributed by atoms with Crippen molar-refractivity contribution in [3.8, 4) is 0 Å². The van der Waals surface area contributed by atoms with Gasteiger partial charge in [0.1, 0.15) is 10.8 Å². The fourth-order valence-corrected chi connectivity index (χ4v) is 2.23. The van der Waals surface area contributed by atoms with Gasteiger partial charge in [-0.2, -0.15) is 0 Å². The number of amides is 1. The average molecular weight is 297 g/mol. The topological polar surface area (TPSA) is 42.0 Å². The normalized spacial score (nSPS) is 10.3. The fourth-order valence-electron chi connectivity index (χ4n) is 1.51. The van der Waals surface area contributed by atoms with Gasteiger partial charge in [-0.05, 0) is 36.6 Å². The van der Waals surface area contributed by atoms with Crippen LogP contribution < -0.4 is 5.32 Å². The third-order valence-electron chi connectivity index (χ3n) is 2.39. The van der Waals surface area contributed by atoms with Gasteiger partial charge in [-0.25, -0.2) is 9.37 Å². The SMILES string of the molecule is CSc1ncccc1C(=O)Nc1cc(Cl)ccc1F. The highest BCUT2D eigenvalue weighted by Crippen LogP contribution is 2.22. The van der Waals surface area contributed by atoms with Gasteiger partial charge in [0.25, 0.3) is 5.91 Å². The number of halogens is 2. The summed E-state index contributed by atoms with van der Waals surface area (Å²) in [5.74, 6) is -0.953. The number of nitrogens with one attached hydrogen (secondary N) is 1. The highest BCUT2D eigenvalue weighted by atomic mass is 35.5. The van der Waals surface area contributed by atoms with E-state index < -0.39 is 11.7 Å². The van der Waals surface area contributed by atoms with E-state index in [4.69, 9.17) is 11.6 Å². The maximum Gasteiger partial charge on any atom is 0.258 e. The van der Waals surface area contributed by atoms with Gasteiger partial charge in [-0.15, -0.1) is 11.8 Å². The monoisotopic (exact) mass is 296 g/mol. The molecular weight excluding hydrogens is 287 g/mol. The summed E-state index contributed by atoms with van der Waals surface area (Å²) in [6.07, 6.45) is 3.42. The van der Waals surface area contributed by atoms with Gasteiger partial charge < -0.3 is 5.32 Å². The third-order valence-corrected chi connectivity index (χ3v) is 3.33.